The molecule has 0 unspecified atom stereocenters. The lowest BCUT2D eigenvalue weighted by Gasteiger charge is -2.13. The SMILES string of the molecule is NCc1cc(N)cc(OC(F)(F)F)c1Cl. The van der Waals surface area contributed by atoms with Crippen molar-refractivity contribution in [2.75, 3.05) is 5.73 Å². The molecule has 0 heterocycles. The molecule has 4 N–H and O–H groups in total. The third-order valence-electron chi connectivity index (χ3n) is 1.58. The Kier molecular flexibility index (Phi) is 3.31. The number of ether oxygens (including phenoxy) is 1. The highest BCUT2D eigenvalue weighted by atomic mass is 35.5. The van der Waals surface area contributed by atoms with Gasteiger partial charge in [0.15, 0.2) is 0 Å². The lowest BCUT2D eigenvalue weighted by atomic mass is 10.2. The van der Waals surface area contributed by atoms with Gasteiger partial charge in [0.1, 0.15) is 5.75 Å². The number of halogens is 4. The van der Waals surface area contributed by atoms with Crippen molar-refractivity contribution >= 4 is 17.3 Å². The second kappa shape index (κ2) is 4.16. The Morgan fingerprint density at radius 3 is 2.40 bits per heavy atom. The second-order valence-corrected chi connectivity index (χ2v) is 3.12. The van der Waals surface area contributed by atoms with Crippen molar-refractivity contribution in [3.05, 3.63) is 22.7 Å². The fraction of sp³-hybridized carbons (Fsp3) is 0.250. The molecule has 0 spiro atoms. The van der Waals surface area contributed by atoms with E-state index in [2.05, 4.69) is 4.74 Å². The Bertz CT molecular complexity index is 368. The minimum Gasteiger partial charge on any atom is -0.404 e. The van der Waals surface area contributed by atoms with E-state index in [1.54, 1.807) is 0 Å². The van der Waals surface area contributed by atoms with Crippen LogP contribution in [0.25, 0.3) is 0 Å². The summed E-state index contributed by atoms with van der Waals surface area (Å²) in [7, 11) is 0. The summed E-state index contributed by atoms with van der Waals surface area (Å²) in [5.41, 5.74) is 11.0. The molecule has 0 saturated carbocycles. The molecule has 0 radical (unpaired) electrons. The molecule has 0 aliphatic heterocycles. The summed E-state index contributed by atoms with van der Waals surface area (Å²) in [5, 5.41) is -0.177. The highest BCUT2D eigenvalue weighted by Crippen LogP contribution is 2.34. The number of nitrogen functional groups attached to an aromatic ring is 1. The van der Waals surface area contributed by atoms with Gasteiger partial charge in [-0.3, -0.25) is 0 Å². The van der Waals surface area contributed by atoms with E-state index in [0.717, 1.165) is 6.07 Å². The number of benzene rings is 1. The number of hydrogen-bond acceptors (Lipinski definition) is 3. The fourth-order valence-corrected chi connectivity index (χ4v) is 1.25. The molecule has 7 heteroatoms. The molecule has 0 aliphatic carbocycles. The zero-order chi connectivity index (χ0) is 11.6. The number of rotatable bonds is 2. The summed E-state index contributed by atoms with van der Waals surface area (Å²) in [6, 6.07) is 2.39. The molecule has 3 nitrogen and oxygen atoms in total. The Hall–Kier alpha value is -1.14. The molecular formula is C8H8ClF3N2O. The van der Waals surface area contributed by atoms with Crippen molar-refractivity contribution in [2.24, 2.45) is 5.73 Å². The van der Waals surface area contributed by atoms with Gasteiger partial charge < -0.3 is 16.2 Å². The summed E-state index contributed by atoms with van der Waals surface area (Å²) in [6.07, 6.45) is -4.80. The molecule has 0 atom stereocenters. The Morgan fingerprint density at radius 2 is 1.93 bits per heavy atom. The Labute approximate surface area is 88.8 Å². The topological polar surface area (TPSA) is 61.3 Å². The molecule has 0 fully saturated rings. The smallest absolute Gasteiger partial charge is 0.404 e. The van der Waals surface area contributed by atoms with Crippen LogP contribution in [0.3, 0.4) is 0 Å². The van der Waals surface area contributed by atoms with Crippen LogP contribution in [0.5, 0.6) is 5.75 Å². The summed E-state index contributed by atoms with van der Waals surface area (Å²) in [5.74, 6) is -0.537. The zero-order valence-electron chi connectivity index (χ0n) is 7.44. The maximum Gasteiger partial charge on any atom is 0.573 e. The van der Waals surface area contributed by atoms with Gasteiger partial charge in [0.05, 0.1) is 5.02 Å². The molecule has 1 aromatic carbocycles. The first-order valence-electron chi connectivity index (χ1n) is 3.87. The summed E-state index contributed by atoms with van der Waals surface area (Å²) in [6.45, 7) is -0.0158. The predicted molar refractivity (Wildman–Crippen MR) is 50.4 cm³/mol. The van der Waals surface area contributed by atoms with Crippen LogP contribution in [0.4, 0.5) is 18.9 Å². The molecule has 84 valence electrons. The standard InChI is InChI=1S/C8H8ClF3N2O/c9-7-4(3-13)1-5(14)2-6(7)15-8(10,11)12/h1-2H,3,13-14H2. The molecule has 0 aliphatic rings. The van der Waals surface area contributed by atoms with Crippen molar-refractivity contribution in [2.45, 2.75) is 12.9 Å². The first-order chi connectivity index (χ1) is 6.83. The van der Waals surface area contributed by atoms with Crippen LogP contribution >= 0.6 is 11.6 Å². The van der Waals surface area contributed by atoms with Gasteiger partial charge in [-0.2, -0.15) is 0 Å². The van der Waals surface area contributed by atoms with E-state index < -0.39 is 12.1 Å². The molecule has 0 amide bonds. The average Bonchev–Trinajstić information content (AvgIpc) is 2.08. The van der Waals surface area contributed by atoms with E-state index in [1.165, 1.54) is 6.07 Å². The molecular weight excluding hydrogens is 233 g/mol. The van der Waals surface area contributed by atoms with Gasteiger partial charge >= 0.3 is 6.36 Å². The Morgan fingerprint density at radius 1 is 1.33 bits per heavy atom. The van der Waals surface area contributed by atoms with Crippen LogP contribution in [-0.2, 0) is 6.54 Å². The highest BCUT2D eigenvalue weighted by Gasteiger charge is 2.32. The molecule has 0 saturated heterocycles. The summed E-state index contributed by atoms with van der Waals surface area (Å²) >= 11 is 5.63. The largest absolute Gasteiger partial charge is 0.573 e. The van der Waals surface area contributed by atoms with Crippen LogP contribution in [0, 0.1) is 0 Å². The number of alkyl halides is 3. The number of hydrogen-bond donors (Lipinski definition) is 2. The van der Waals surface area contributed by atoms with Crippen molar-refractivity contribution < 1.29 is 17.9 Å². The van der Waals surface area contributed by atoms with Gasteiger partial charge in [-0.1, -0.05) is 11.6 Å². The van der Waals surface area contributed by atoms with Crippen LogP contribution in [0.1, 0.15) is 5.56 Å². The fourth-order valence-electron chi connectivity index (χ4n) is 1.03. The zero-order valence-corrected chi connectivity index (χ0v) is 8.19. The molecule has 1 aromatic rings. The molecule has 0 bridgehead atoms. The third kappa shape index (κ3) is 3.17. The predicted octanol–water partition coefficient (Wildman–Crippen LogP) is 2.28. The molecule has 1 rings (SSSR count). The van der Waals surface area contributed by atoms with Gasteiger partial charge in [-0.15, -0.1) is 13.2 Å². The van der Waals surface area contributed by atoms with Crippen LogP contribution in [0.2, 0.25) is 5.02 Å². The van der Waals surface area contributed by atoms with Crippen LogP contribution in [0.15, 0.2) is 12.1 Å². The van der Waals surface area contributed by atoms with Crippen molar-refractivity contribution in [1.82, 2.24) is 0 Å². The van der Waals surface area contributed by atoms with Gasteiger partial charge in [0.2, 0.25) is 0 Å². The van der Waals surface area contributed by atoms with E-state index in [1.807, 2.05) is 0 Å². The van der Waals surface area contributed by atoms with Crippen molar-refractivity contribution in [1.29, 1.82) is 0 Å². The highest BCUT2D eigenvalue weighted by molar-refractivity contribution is 6.33. The van der Waals surface area contributed by atoms with Crippen molar-refractivity contribution in [3.63, 3.8) is 0 Å². The van der Waals surface area contributed by atoms with E-state index >= 15 is 0 Å². The lowest BCUT2D eigenvalue weighted by molar-refractivity contribution is -0.274. The number of nitrogens with two attached hydrogens (primary N) is 2. The van der Waals surface area contributed by atoms with Crippen molar-refractivity contribution in [3.8, 4) is 5.75 Å². The minimum absolute atomic E-state index is 0.0158. The maximum absolute atomic E-state index is 11.9. The van der Waals surface area contributed by atoms with Crippen LogP contribution in [-0.4, -0.2) is 6.36 Å². The Balaban J connectivity index is 3.12. The summed E-state index contributed by atoms with van der Waals surface area (Å²) < 4.78 is 39.5. The molecule has 0 aromatic heterocycles. The quantitative estimate of drug-likeness (QED) is 0.780. The first-order valence-corrected chi connectivity index (χ1v) is 4.25. The first kappa shape index (κ1) is 11.9. The minimum atomic E-state index is -4.80. The number of anilines is 1. The monoisotopic (exact) mass is 240 g/mol. The summed E-state index contributed by atoms with van der Waals surface area (Å²) in [4.78, 5) is 0. The van der Waals surface area contributed by atoms with Gasteiger partial charge in [0, 0.05) is 18.3 Å². The van der Waals surface area contributed by atoms with Crippen LogP contribution < -0.4 is 16.2 Å². The maximum atomic E-state index is 11.9. The second-order valence-electron chi connectivity index (χ2n) is 2.74. The average molecular weight is 241 g/mol. The van der Waals surface area contributed by atoms with Gasteiger partial charge in [0.25, 0.3) is 0 Å². The van der Waals surface area contributed by atoms with E-state index in [0.29, 0.717) is 5.56 Å². The normalized spacial score (nSPS) is 11.5. The molecule has 15 heavy (non-hydrogen) atoms. The van der Waals surface area contributed by atoms with Gasteiger partial charge in [-0.25, -0.2) is 0 Å². The van der Waals surface area contributed by atoms with E-state index in [-0.39, 0.29) is 17.3 Å². The third-order valence-corrected chi connectivity index (χ3v) is 2.01. The van der Waals surface area contributed by atoms with E-state index in [9.17, 15) is 13.2 Å². The van der Waals surface area contributed by atoms with Gasteiger partial charge in [-0.05, 0) is 11.6 Å². The lowest BCUT2D eigenvalue weighted by Crippen LogP contribution is -2.18. The van der Waals surface area contributed by atoms with E-state index in [4.69, 9.17) is 23.1 Å².